The number of nitrogens with zero attached hydrogens (tertiary/aromatic N) is 3. The summed E-state index contributed by atoms with van der Waals surface area (Å²) in [6.45, 7) is 1.88. The molecule has 2 N–H and O–H groups in total. The van der Waals surface area contributed by atoms with E-state index >= 15 is 0 Å². The Bertz CT molecular complexity index is 1450. The van der Waals surface area contributed by atoms with Crippen LogP contribution in [0.25, 0.3) is 33.9 Å². The fraction of sp³-hybridized carbons (Fsp3) is 0.0455. The third kappa shape index (κ3) is 3.66. The third-order valence-electron chi connectivity index (χ3n) is 4.78. The summed E-state index contributed by atoms with van der Waals surface area (Å²) in [6, 6.07) is 21.4. The maximum Gasteiger partial charge on any atom is 0.330 e. The molecule has 0 aliphatic heterocycles. The number of anilines is 1. The zero-order valence-corrected chi connectivity index (χ0v) is 17.2. The Labute approximate surface area is 178 Å². The van der Waals surface area contributed by atoms with Crippen molar-refractivity contribution in [3.63, 3.8) is 0 Å². The first kappa shape index (κ1) is 19.0. The second-order valence-electron chi connectivity index (χ2n) is 6.98. The van der Waals surface area contributed by atoms with Crippen molar-refractivity contribution in [1.29, 1.82) is 0 Å². The van der Waals surface area contributed by atoms with Crippen LogP contribution in [0.15, 0.2) is 82.1 Å². The van der Waals surface area contributed by atoms with Crippen LogP contribution < -0.4 is 4.72 Å². The van der Waals surface area contributed by atoms with Gasteiger partial charge in [0.1, 0.15) is 5.82 Å². The van der Waals surface area contributed by atoms with Gasteiger partial charge in [0.05, 0.1) is 15.9 Å². The molecule has 0 amide bonds. The minimum atomic E-state index is -3.84. The molecule has 0 unspecified atom stereocenters. The van der Waals surface area contributed by atoms with Crippen molar-refractivity contribution in [2.75, 3.05) is 4.72 Å². The zero-order valence-electron chi connectivity index (χ0n) is 16.4. The van der Waals surface area contributed by atoms with Crippen molar-refractivity contribution in [1.82, 2.24) is 20.2 Å². The number of hydrogen-bond donors (Lipinski definition) is 2. The number of hydrogen-bond acceptors (Lipinski definition) is 6. The molecule has 5 rings (SSSR count). The number of sulfonamides is 1. The number of benzene rings is 3. The monoisotopic (exact) mass is 431 g/mol. The number of rotatable bonds is 5. The lowest BCUT2D eigenvalue weighted by Gasteiger charge is -2.05. The first-order valence-corrected chi connectivity index (χ1v) is 11.0. The van der Waals surface area contributed by atoms with E-state index in [1.54, 1.807) is 12.1 Å². The SMILES string of the molecule is Cc1ccc(S(=O)(=O)Nc2nnc(-c3ccccc3-c3nc4ccccc4[nH]3)o2)cc1. The van der Waals surface area contributed by atoms with E-state index in [1.807, 2.05) is 55.5 Å². The van der Waals surface area contributed by atoms with E-state index in [4.69, 9.17) is 4.42 Å². The lowest BCUT2D eigenvalue weighted by molar-refractivity contribution is 0.577. The van der Waals surface area contributed by atoms with Crippen LogP contribution in [0.3, 0.4) is 0 Å². The molecule has 154 valence electrons. The van der Waals surface area contributed by atoms with Crippen LogP contribution in [0, 0.1) is 6.92 Å². The van der Waals surface area contributed by atoms with Gasteiger partial charge in [0.2, 0.25) is 0 Å². The molecule has 2 aromatic heterocycles. The lowest BCUT2D eigenvalue weighted by Crippen LogP contribution is -2.13. The lowest BCUT2D eigenvalue weighted by atomic mass is 10.1. The average molecular weight is 431 g/mol. The number of aryl methyl sites for hydroxylation is 1. The minimum absolute atomic E-state index is 0.112. The van der Waals surface area contributed by atoms with Crippen LogP contribution in [-0.4, -0.2) is 28.6 Å². The molecule has 5 aromatic rings. The van der Waals surface area contributed by atoms with Gasteiger partial charge in [-0.15, -0.1) is 5.10 Å². The largest absolute Gasteiger partial charge is 0.403 e. The van der Waals surface area contributed by atoms with Crippen molar-refractivity contribution < 1.29 is 12.8 Å². The summed E-state index contributed by atoms with van der Waals surface area (Å²) in [4.78, 5) is 8.02. The highest BCUT2D eigenvalue weighted by Gasteiger charge is 2.20. The Morgan fingerprint density at radius 3 is 2.35 bits per heavy atom. The molecule has 0 aliphatic rings. The molecule has 0 radical (unpaired) electrons. The first-order chi connectivity index (χ1) is 15.0. The smallest absolute Gasteiger partial charge is 0.330 e. The van der Waals surface area contributed by atoms with E-state index in [9.17, 15) is 8.42 Å². The molecule has 8 nitrogen and oxygen atoms in total. The van der Waals surface area contributed by atoms with Gasteiger partial charge in [-0.2, -0.15) is 0 Å². The number of para-hydroxylation sites is 2. The van der Waals surface area contributed by atoms with Crippen LogP contribution in [0.1, 0.15) is 5.56 Å². The molecule has 2 heterocycles. The Balaban J connectivity index is 1.48. The Hall–Kier alpha value is -3.98. The van der Waals surface area contributed by atoms with Gasteiger partial charge in [-0.05, 0) is 37.3 Å². The quantitative estimate of drug-likeness (QED) is 0.427. The highest BCUT2D eigenvalue weighted by Crippen LogP contribution is 2.31. The highest BCUT2D eigenvalue weighted by atomic mass is 32.2. The number of aromatic nitrogens is 4. The van der Waals surface area contributed by atoms with E-state index in [0.29, 0.717) is 11.4 Å². The van der Waals surface area contributed by atoms with Crippen molar-refractivity contribution in [2.45, 2.75) is 11.8 Å². The fourth-order valence-corrected chi connectivity index (χ4v) is 4.15. The maximum absolute atomic E-state index is 12.6. The Kier molecular flexibility index (Phi) is 4.52. The van der Waals surface area contributed by atoms with Crippen LogP contribution >= 0.6 is 0 Å². The summed E-state index contributed by atoms with van der Waals surface area (Å²) in [6.07, 6.45) is 0. The van der Waals surface area contributed by atoms with Gasteiger partial charge in [-0.25, -0.2) is 18.1 Å². The molecule has 0 fully saturated rings. The molecule has 0 spiro atoms. The van der Waals surface area contributed by atoms with Gasteiger partial charge in [0.25, 0.3) is 15.9 Å². The van der Waals surface area contributed by atoms with Crippen LogP contribution in [-0.2, 0) is 10.0 Å². The average Bonchev–Trinajstić information content (AvgIpc) is 3.40. The number of imidazole rings is 1. The highest BCUT2D eigenvalue weighted by molar-refractivity contribution is 7.92. The molecule has 9 heteroatoms. The summed E-state index contributed by atoms with van der Waals surface area (Å²) < 4.78 is 33.2. The van der Waals surface area contributed by atoms with Crippen molar-refractivity contribution in [3.8, 4) is 22.8 Å². The molecule has 0 saturated carbocycles. The van der Waals surface area contributed by atoms with Crippen molar-refractivity contribution in [2.24, 2.45) is 0 Å². The van der Waals surface area contributed by atoms with Crippen LogP contribution in [0.5, 0.6) is 0 Å². The number of H-pyrrole nitrogens is 1. The molecule has 31 heavy (non-hydrogen) atoms. The van der Waals surface area contributed by atoms with E-state index in [2.05, 4.69) is 24.9 Å². The molecule has 0 aliphatic carbocycles. The summed E-state index contributed by atoms with van der Waals surface area (Å²) in [5.74, 6) is 0.828. The van der Waals surface area contributed by atoms with E-state index < -0.39 is 10.0 Å². The van der Waals surface area contributed by atoms with Gasteiger partial charge in [0, 0.05) is 11.1 Å². The number of nitrogens with one attached hydrogen (secondary N) is 2. The number of fused-ring (bicyclic) bond motifs is 1. The summed E-state index contributed by atoms with van der Waals surface area (Å²) >= 11 is 0. The number of aromatic amines is 1. The van der Waals surface area contributed by atoms with Crippen molar-refractivity contribution >= 4 is 27.1 Å². The van der Waals surface area contributed by atoms with E-state index in [1.165, 1.54) is 12.1 Å². The predicted molar refractivity (Wildman–Crippen MR) is 117 cm³/mol. The van der Waals surface area contributed by atoms with Gasteiger partial charge >= 0.3 is 6.01 Å². The summed E-state index contributed by atoms with van der Waals surface area (Å²) in [5.41, 5.74) is 4.10. The molecule has 0 saturated heterocycles. The normalized spacial score (nSPS) is 11.6. The summed E-state index contributed by atoms with van der Waals surface area (Å²) in [7, 11) is -3.84. The van der Waals surface area contributed by atoms with Crippen molar-refractivity contribution in [3.05, 3.63) is 78.4 Å². The minimum Gasteiger partial charge on any atom is -0.403 e. The second kappa shape index (κ2) is 7.37. The van der Waals surface area contributed by atoms with Gasteiger partial charge < -0.3 is 9.40 Å². The molecule has 3 aromatic carbocycles. The van der Waals surface area contributed by atoms with Gasteiger partial charge in [0.15, 0.2) is 0 Å². The van der Waals surface area contributed by atoms with Gasteiger partial charge in [-0.1, -0.05) is 53.1 Å². The second-order valence-corrected chi connectivity index (χ2v) is 8.66. The third-order valence-corrected chi connectivity index (χ3v) is 6.12. The predicted octanol–water partition coefficient (Wildman–Crippen LogP) is 4.39. The first-order valence-electron chi connectivity index (χ1n) is 9.47. The standard InChI is InChI=1S/C22H17N5O3S/c1-14-10-12-15(13-11-14)31(28,29)27-22-26-25-21(30-22)17-7-3-2-6-16(17)20-23-18-8-4-5-9-19(18)24-20/h2-13H,1H3,(H,23,24)(H,26,27). The van der Waals surface area contributed by atoms with E-state index in [-0.39, 0.29) is 16.8 Å². The van der Waals surface area contributed by atoms with Crippen LogP contribution in [0.4, 0.5) is 6.01 Å². The topological polar surface area (TPSA) is 114 Å². The van der Waals surface area contributed by atoms with E-state index in [0.717, 1.165) is 22.2 Å². The van der Waals surface area contributed by atoms with Gasteiger partial charge in [-0.3, -0.25) is 0 Å². The molecule has 0 bridgehead atoms. The summed E-state index contributed by atoms with van der Waals surface area (Å²) in [5, 5.41) is 7.89. The van der Waals surface area contributed by atoms with Crippen LogP contribution in [0.2, 0.25) is 0 Å². The Morgan fingerprint density at radius 1 is 0.871 bits per heavy atom. The molecular weight excluding hydrogens is 414 g/mol. The molecule has 0 atom stereocenters. The Morgan fingerprint density at radius 2 is 1.58 bits per heavy atom. The fourth-order valence-electron chi connectivity index (χ4n) is 3.22. The molecular formula is C22H17N5O3S. The zero-order chi connectivity index (χ0) is 21.4. The maximum atomic E-state index is 12.6.